The van der Waals surface area contributed by atoms with Crippen LogP contribution in [0.1, 0.15) is 27.0 Å². The first kappa shape index (κ1) is 12.2. The van der Waals surface area contributed by atoms with E-state index in [-0.39, 0.29) is 0 Å². The zero-order valence-electron chi connectivity index (χ0n) is 10.4. The van der Waals surface area contributed by atoms with Crippen LogP contribution in [0.4, 0.5) is 0 Å². The van der Waals surface area contributed by atoms with Gasteiger partial charge in [-0.3, -0.25) is 4.98 Å². The van der Waals surface area contributed by atoms with Crippen LogP contribution in [-0.4, -0.2) is 9.97 Å². The highest BCUT2D eigenvalue weighted by Crippen LogP contribution is 2.15. The lowest BCUT2D eigenvalue weighted by molar-refractivity contribution is 0.674. The van der Waals surface area contributed by atoms with E-state index in [1.807, 2.05) is 25.1 Å². The highest BCUT2D eigenvalue weighted by molar-refractivity contribution is 7.11. The molecule has 0 bridgehead atoms. The van der Waals surface area contributed by atoms with Gasteiger partial charge in [0.05, 0.1) is 11.4 Å². The first-order chi connectivity index (χ1) is 8.15. The number of aromatic nitrogens is 2. The van der Waals surface area contributed by atoms with E-state index < -0.39 is 0 Å². The lowest BCUT2D eigenvalue weighted by atomic mass is 10.3. The second-order valence-corrected chi connectivity index (χ2v) is 5.41. The molecule has 0 aliphatic heterocycles. The fourth-order valence-electron chi connectivity index (χ4n) is 1.61. The van der Waals surface area contributed by atoms with Crippen molar-refractivity contribution in [1.82, 2.24) is 15.3 Å². The van der Waals surface area contributed by atoms with Gasteiger partial charge in [-0.25, -0.2) is 4.98 Å². The van der Waals surface area contributed by atoms with Crippen molar-refractivity contribution in [2.24, 2.45) is 0 Å². The Kier molecular flexibility index (Phi) is 3.86. The number of rotatable bonds is 4. The topological polar surface area (TPSA) is 37.8 Å². The Morgan fingerprint density at radius 2 is 1.94 bits per heavy atom. The van der Waals surface area contributed by atoms with Crippen molar-refractivity contribution in [3.63, 3.8) is 0 Å². The predicted molar refractivity (Wildman–Crippen MR) is 71.1 cm³/mol. The predicted octanol–water partition coefficient (Wildman–Crippen LogP) is 2.75. The van der Waals surface area contributed by atoms with Crippen molar-refractivity contribution in [3.8, 4) is 0 Å². The van der Waals surface area contributed by atoms with Gasteiger partial charge >= 0.3 is 0 Å². The number of aryl methyl sites for hydroxylation is 3. The maximum Gasteiger partial charge on any atom is 0.107 e. The van der Waals surface area contributed by atoms with E-state index in [1.165, 1.54) is 4.88 Å². The summed E-state index contributed by atoms with van der Waals surface area (Å²) in [4.78, 5) is 10.2. The van der Waals surface area contributed by atoms with Gasteiger partial charge in [-0.1, -0.05) is 6.07 Å². The zero-order valence-corrected chi connectivity index (χ0v) is 11.3. The molecule has 4 heteroatoms. The molecule has 2 rings (SSSR count). The van der Waals surface area contributed by atoms with Crippen molar-refractivity contribution in [2.45, 2.75) is 33.9 Å². The second-order valence-electron chi connectivity index (χ2n) is 4.12. The quantitative estimate of drug-likeness (QED) is 0.902. The van der Waals surface area contributed by atoms with E-state index in [9.17, 15) is 0 Å². The summed E-state index contributed by atoms with van der Waals surface area (Å²) < 4.78 is 0. The second kappa shape index (κ2) is 5.38. The lowest BCUT2D eigenvalue weighted by Gasteiger charge is -2.02. The van der Waals surface area contributed by atoms with Gasteiger partial charge in [-0.2, -0.15) is 0 Å². The molecule has 2 aromatic rings. The normalized spacial score (nSPS) is 10.8. The minimum absolute atomic E-state index is 0.791. The Labute approximate surface area is 106 Å². The van der Waals surface area contributed by atoms with E-state index >= 15 is 0 Å². The van der Waals surface area contributed by atoms with Gasteiger partial charge in [-0.05, 0) is 32.9 Å². The van der Waals surface area contributed by atoms with Crippen LogP contribution >= 0.6 is 11.3 Å². The molecule has 0 aliphatic carbocycles. The van der Waals surface area contributed by atoms with Crippen molar-refractivity contribution in [1.29, 1.82) is 0 Å². The summed E-state index contributed by atoms with van der Waals surface area (Å²) in [5.74, 6) is 0. The molecular formula is C13H17N3S. The smallest absolute Gasteiger partial charge is 0.107 e. The van der Waals surface area contributed by atoms with E-state index in [4.69, 9.17) is 0 Å². The molecule has 90 valence electrons. The maximum atomic E-state index is 4.49. The highest BCUT2D eigenvalue weighted by atomic mass is 32.1. The van der Waals surface area contributed by atoms with Crippen LogP contribution in [0.25, 0.3) is 0 Å². The Hall–Kier alpha value is -1.26. The van der Waals surface area contributed by atoms with Crippen LogP contribution in [0.2, 0.25) is 0 Å². The molecule has 1 N–H and O–H groups in total. The average molecular weight is 247 g/mol. The molecule has 0 aromatic carbocycles. The molecular weight excluding hydrogens is 230 g/mol. The number of hydrogen-bond acceptors (Lipinski definition) is 4. The van der Waals surface area contributed by atoms with E-state index in [2.05, 4.69) is 29.1 Å². The monoisotopic (exact) mass is 247 g/mol. The molecule has 0 unspecified atom stereocenters. The van der Waals surface area contributed by atoms with Gasteiger partial charge in [0.15, 0.2) is 0 Å². The highest BCUT2D eigenvalue weighted by Gasteiger charge is 2.03. The first-order valence-electron chi connectivity index (χ1n) is 5.71. The number of thiazole rings is 1. The third-order valence-electron chi connectivity index (χ3n) is 2.60. The molecule has 2 aromatic heterocycles. The first-order valence-corrected chi connectivity index (χ1v) is 6.53. The Morgan fingerprint density at radius 1 is 1.12 bits per heavy atom. The van der Waals surface area contributed by atoms with Crippen LogP contribution < -0.4 is 5.32 Å². The Morgan fingerprint density at radius 3 is 2.59 bits per heavy atom. The summed E-state index contributed by atoms with van der Waals surface area (Å²) in [5, 5.41) is 4.52. The van der Waals surface area contributed by atoms with Gasteiger partial charge < -0.3 is 5.32 Å². The summed E-state index contributed by atoms with van der Waals surface area (Å²) in [6, 6.07) is 6.09. The maximum absolute atomic E-state index is 4.49. The molecule has 2 heterocycles. The molecule has 0 fully saturated rings. The van der Waals surface area contributed by atoms with Crippen molar-refractivity contribution >= 4 is 11.3 Å². The number of nitrogens with zero attached hydrogens (tertiary/aromatic N) is 2. The molecule has 0 saturated carbocycles. The standard InChI is InChI=1S/C13H17N3S/c1-9-5-4-6-12(15-9)7-14-8-13-16-10(2)11(3)17-13/h4-6,14H,7-8H2,1-3H3. The minimum atomic E-state index is 0.791. The molecule has 17 heavy (non-hydrogen) atoms. The molecule has 0 radical (unpaired) electrons. The third-order valence-corrected chi connectivity index (χ3v) is 3.67. The van der Waals surface area contributed by atoms with Gasteiger partial charge in [0.2, 0.25) is 0 Å². The summed E-state index contributed by atoms with van der Waals surface area (Å²) in [6.07, 6.45) is 0. The van der Waals surface area contributed by atoms with Crippen molar-refractivity contribution in [3.05, 3.63) is 45.2 Å². The number of hydrogen-bond donors (Lipinski definition) is 1. The van der Waals surface area contributed by atoms with E-state index in [0.717, 1.165) is 35.2 Å². The third kappa shape index (κ3) is 3.35. The van der Waals surface area contributed by atoms with Gasteiger partial charge in [0.1, 0.15) is 5.01 Å². The summed E-state index contributed by atoms with van der Waals surface area (Å²) in [5.41, 5.74) is 3.28. The molecule has 0 aliphatic rings. The minimum Gasteiger partial charge on any atom is -0.305 e. The SMILES string of the molecule is Cc1cccc(CNCc2nc(C)c(C)s2)n1. The van der Waals surface area contributed by atoms with Crippen LogP contribution in [0.15, 0.2) is 18.2 Å². The Bertz CT molecular complexity index is 486. The molecule has 0 atom stereocenters. The number of pyridine rings is 1. The van der Waals surface area contributed by atoms with Gasteiger partial charge in [-0.15, -0.1) is 11.3 Å². The van der Waals surface area contributed by atoms with E-state index in [0.29, 0.717) is 0 Å². The molecule has 0 spiro atoms. The van der Waals surface area contributed by atoms with Crippen LogP contribution in [0.3, 0.4) is 0 Å². The molecule has 0 amide bonds. The Balaban J connectivity index is 1.87. The van der Waals surface area contributed by atoms with Gasteiger partial charge in [0.25, 0.3) is 0 Å². The van der Waals surface area contributed by atoms with Crippen molar-refractivity contribution < 1.29 is 0 Å². The zero-order chi connectivity index (χ0) is 12.3. The van der Waals surface area contributed by atoms with Crippen LogP contribution in [0.5, 0.6) is 0 Å². The largest absolute Gasteiger partial charge is 0.305 e. The number of nitrogens with one attached hydrogen (secondary N) is 1. The summed E-state index contributed by atoms with van der Waals surface area (Å²) in [7, 11) is 0. The molecule has 0 saturated heterocycles. The van der Waals surface area contributed by atoms with Crippen LogP contribution in [-0.2, 0) is 13.1 Å². The van der Waals surface area contributed by atoms with Gasteiger partial charge in [0, 0.05) is 23.7 Å². The fraction of sp³-hybridized carbons (Fsp3) is 0.385. The van der Waals surface area contributed by atoms with Crippen molar-refractivity contribution in [2.75, 3.05) is 0 Å². The molecule has 3 nitrogen and oxygen atoms in total. The fourth-order valence-corrected chi connectivity index (χ4v) is 2.51. The summed E-state index contributed by atoms with van der Waals surface area (Å²) >= 11 is 1.76. The lowest BCUT2D eigenvalue weighted by Crippen LogP contribution is -2.13. The van der Waals surface area contributed by atoms with E-state index in [1.54, 1.807) is 11.3 Å². The van der Waals surface area contributed by atoms with Crippen LogP contribution in [0, 0.1) is 20.8 Å². The average Bonchev–Trinajstić information content (AvgIpc) is 2.58. The summed E-state index contributed by atoms with van der Waals surface area (Å²) in [6.45, 7) is 7.78.